The molecule has 0 unspecified atom stereocenters. The second-order valence-electron chi connectivity index (χ2n) is 1.14. The molecule has 12 heavy (non-hydrogen) atoms. The van der Waals surface area contributed by atoms with Crippen LogP contribution in [-0.2, 0) is 19.7 Å². The fourth-order valence-corrected chi connectivity index (χ4v) is 0. The first-order valence-electron chi connectivity index (χ1n) is 2.82. The van der Waals surface area contributed by atoms with Crippen molar-refractivity contribution in [3.63, 3.8) is 0 Å². The lowest BCUT2D eigenvalue weighted by Gasteiger charge is -1.79. The molecule has 0 atom stereocenters. The van der Waals surface area contributed by atoms with E-state index in [0.29, 0.717) is 0 Å². The van der Waals surface area contributed by atoms with Crippen LogP contribution < -0.4 is 0 Å². The molecule has 72 valence electrons. The Bertz CT molecular complexity index is 188. The highest BCUT2D eigenvalue weighted by Gasteiger charge is 1.93. The third-order valence-electron chi connectivity index (χ3n) is 0.420. The Morgan fingerprint density at radius 3 is 1.42 bits per heavy atom. The molecular formula is C6H12O5S. The Morgan fingerprint density at radius 2 is 1.42 bits per heavy atom. The van der Waals surface area contributed by atoms with Crippen molar-refractivity contribution >= 4 is 22.7 Å². The zero-order valence-electron chi connectivity index (χ0n) is 6.76. The summed E-state index contributed by atoms with van der Waals surface area (Å²) in [6, 6.07) is 0. The van der Waals surface area contributed by atoms with E-state index in [-0.39, 0.29) is 18.3 Å². The fourth-order valence-electron chi connectivity index (χ4n) is 0. The van der Waals surface area contributed by atoms with Gasteiger partial charge in [-0.05, 0) is 6.92 Å². The normalized spacial score (nSPS) is 7.83. The van der Waals surface area contributed by atoms with Crippen LogP contribution in [0.15, 0.2) is 13.2 Å². The molecule has 1 N–H and O–H groups in total. The molecule has 0 bridgehead atoms. The third-order valence-corrected chi connectivity index (χ3v) is 1.15. The van der Waals surface area contributed by atoms with E-state index in [4.69, 9.17) is 14.1 Å². The molecule has 0 saturated carbocycles. The van der Waals surface area contributed by atoms with Crippen molar-refractivity contribution in [2.45, 2.75) is 6.92 Å². The minimum atomic E-state index is -3.66. The van der Waals surface area contributed by atoms with Gasteiger partial charge in [0, 0.05) is 0 Å². The smallest absolute Gasteiger partial charge is 0.264 e. The predicted octanol–water partition coefficient (Wildman–Crippen LogP) is 0.0805. The Hall–Kier alpha value is -1.01. The molecule has 0 aromatic heterocycles. The average Bonchev–Trinajstić information content (AvgIpc) is 2.07. The molecule has 5 nitrogen and oxygen atoms in total. The van der Waals surface area contributed by atoms with Gasteiger partial charge in [0.05, 0.1) is 5.75 Å². The number of hydrogen-bond donors (Lipinski definition) is 1. The molecule has 0 spiro atoms. The highest BCUT2D eigenvalue weighted by Crippen LogP contribution is 1.74. The van der Waals surface area contributed by atoms with Crippen LogP contribution in [0.2, 0.25) is 0 Å². The Morgan fingerprint density at radius 1 is 1.25 bits per heavy atom. The van der Waals surface area contributed by atoms with E-state index in [2.05, 4.69) is 13.2 Å². The number of carbonyl (C=O) groups excluding carboxylic acids is 2. The van der Waals surface area contributed by atoms with Crippen molar-refractivity contribution in [3.8, 4) is 0 Å². The zero-order valence-corrected chi connectivity index (χ0v) is 7.58. The summed E-state index contributed by atoms with van der Waals surface area (Å²) in [7, 11) is -3.66. The number of hydrogen-bond acceptors (Lipinski definition) is 4. The van der Waals surface area contributed by atoms with Crippen LogP contribution in [0, 0.1) is 0 Å². The second kappa shape index (κ2) is 12.6. The SMILES string of the molecule is C=C.CCS(=O)(=O)O.O=CC=O. The van der Waals surface area contributed by atoms with E-state index >= 15 is 0 Å². The maximum Gasteiger partial charge on any atom is 0.264 e. The minimum Gasteiger partial charge on any atom is -0.295 e. The molecule has 0 radical (unpaired) electrons. The molecule has 0 aliphatic rings. The number of carbonyl (C=O) groups is 2. The standard InChI is InChI=1S/C2H6O3S.C2H2O2.C2H4/c1-2-6(3,4)5;3-1-2-4;1-2/h2H2,1H3,(H,3,4,5);1-2H;1-2H2. The summed E-state index contributed by atoms with van der Waals surface area (Å²) in [5, 5.41) is 0. The average molecular weight is 196 g/mol. The molecule has 0 heterocycles. The highest BCUT2D eigenvalue weighted by molar-refractivity contribution is 7.85. The lowest BCUT2D eigenvalue weighted by atomic mass is 10.9. The van der Waals surface area contributed by atoms with Gasteiger partial charge in [-0.25, -0.2) is 0 Å². The molecule has 0 aromatic carbocycles. The molecule has 0 fully saturated rings. The van der Waals surface area contributed by atoms with Crippen LogP contribution in [0.1, 0.15) is 6.92 Å². The van der Waals surface area contributed by atoms with Gasteiger partial charge in [-0.3, -0.25) is 14.1 Å². The van der Waals surface area contributed by atoms with Gasteiger partial charge in [-0.15, -0.1) is 13.2 Å². The van der Waals surface area contributed by atoms with Crippen molar-refractivity contribution in [1.29, 1.82) is 0 Å². The van der Waals surface area contributed by atoms with Crippen LogP contribution in [0.25, 0.3) is 0 Å². The number of aldehydes is 2. The summed E-state index contributed by atoms with van der Waals surface area (Å²) in [6.45, 7) is 7.37. The van der Waals surface area contributed by atoms with Crippen LogP contribution in [0.4, 0.5) is 0 Å². The Labute approximate surface area is 71.8 Å². The monoisotopic (exact) mass is 196 g/mol. The van der Waals surface area contributed by atoms with Gasteiger partial charge >= 0.3 is 0 Å². The van der Waals surface area contributed by atoms with Crippen LogP contribution in [-0.4, -0.2) is 31.3 Å². The first-order valence-corrected chi connectivity index (χ1v) is 4.43. The van der Waals surface area contributed by atoms with Crippen molar-refractivity contribution in [2.75, 3.05) is 5.75 Å². The van der Waals surface area contributed by atoms with E-state index in [1.165, 1.54) is 6.92 Å². The molecular weight excluding hydrogens is 184 g/mol. The highest BCUT2D eigenvalue weighted by atomic mass is 32.2. The lowest BCUT2D eigenvalue weighted by Crippen LogP contribution is -1.97. The summed E-state index contributed by atoms with van der Waals surface area (Å²) < 4.78 is 26.9. The van der Waals surface area contributed by atoms with Gasteiger partial charge in [-0.2, -0.15) is 8.42 Å². The predicted molar refractivity (Wildman–Crippen MR) is 45.5 cm³/mol. The van der Waals surface area contributed by atoms with Crippen molar-refractivity contribution in [3.05, 3.63) is 13.2 Å². The summed E-state index contributed by atoms with van der Waals surface area (Å²) in [5.74, 6) is -0.201. The topological polar surface area (TPSA) is 88.5 Å². The minimum absolute atomic E-state index is 0.194. The van der Waals surface area contributed by atoms with Gasteiger partial charge in [-0.1, -0.05) is 0 Å². The maximum absolute atomic E-state index is 9.56. The second-order valence-corrected chi connectivity index (χ2v) is 2.88. The lowest BCUT2D eigenvalue weighted by molar-refractivity contribution is -0.122. The first-order chi connectivity index (χ1) is 5.47. The summed E-state index contributed by atoms with van der Waals surface area (Å²) in [5.41, 5.74) is 0. The molecule has 0 aliphatic carbocycles. The van der Waals surface area contributed by atoms with E-state index in [1.54, 1.807) is 0 Å². The van der Waals surface area contributed by atoms with Crippen molar-refractivity contribution in [1.82, 2.24) is 0 Å². The largest absolute Gasteiger partial charge is 0.295 e. The van der Waals surface area contributed by atoms with Gasteiger partial charge in [0.1, 0.15) is 0 Å². The van der Waals surface area contributed by atoms with E-state index < -0.39 is 10.1 Å². The van der Waals surface area contributed by atoms with Gasteiger partial charge in [0.25, 0.3) is 10.1 Å². The van der Waals surface area contributed by atoms with Gasteiger partial charge in [0.2, 0.25) is 0 Å². The van der Waals surface area contributed by atoms with Crippen molar-refractivity contribution in [2.24, 2.45) is 0 Å². The van der Waals surface area contributed by atoms with Crippen LogP contribution in [0.5, 0.6) is 0 Å². The van der Waals surface area contributed by atoms with E-state index in [9.17, 15) is 8.42 Å². The summed E-state index contributed by atoms with van der Waals surface area (Å²) in [4.78, 5) is 17.6. The fraction of sp³-hybridized carbons (Fsp3) is 0.333. The number of rotatable bonds is 2. The molecule has 0 saturated heterocycles. The molecule has 0 amide bonds. The zero-order chi connectivity index (χ0) is 10.6. The molecule has 0 aliphatic heterocycles. The van der Waals surface area contributed by atoms with Crippen LogP contribution >= 0.6 is 0 Å². The molecule has 0 rings (SSSR count). The molecule has 0 aromatic rings. The van der Waals surface area contributed by atoms with Crippen molar-refractivity contribution < 1.29 is 22.6 Å². The van der Waals surface area contributed by atoms with Gasteiger partial charge in [0.15, 0.2) is 12.6 Å². The van der Waals surface area contributed by atoms with Crippen LogP contribution in [0.3, 0.4) is 0 Å². The van der Waals surface area contributed by atoms with Gasteiger partial charge < -0.3 is 0 Å². The maximum atomic E-state index is 9.56. The Kier molecular flexibility index (Phi) is 18.1. The Balaban J connectivity index is -0.000000118. The third kappa shape index (κ3) is 64.2. The summed E-state index contributed by atoms with van der Waals surface area (Å²) in [6.07, 6.45) is 0.389. The van der Waals surface area contributed by atoms with E-state index in [0.717, 1.165) is 0 Å². The first kappa shape index (κ1) is 17.2. The van der Waals surface area contributed by atoms with E-state index in [1.807, 2.05) is 0 Å². The quantitative estimate of drug-likeness (QED) is 0.292. The molecule has 6 heteroatoms. The summed E-state index contributed by atoms with van der Waals surface area (Å²) >= 11 is 0.